The first-order valence-corrected chi connectivity index (χ1v) is 7.03. The molecule has 0 aliphatic heterocycles. The minimum absolute atomic E-state index is 0.242. The van der Waals surface area contributed by atoms with Gasteiger partial charge >= 0.3 is 0 Å². The van der Waals surface area contributed by atoms with Crippen LogP contribution in [0.25, 0.3) is 0 Å². The number of hydrazone groups is 1. The Kier molecular flexibility index (Phi) is 5.01. The second-order valence-electron chi connectivity index (χ2n) is 4.10. The maximum absolute atomic E-state index is 11.9. The molecule has 0 atom stereocenters. The van der Waals surface area contributed by atoms with E-state index in [0.29, 0.717) is 5.56 Å². The standard InChI is InChI=1S/C15H14BrN3O/c1-2-14(12-4-3-5-13(16)10-12)18-19-15(20)11-6-8-17-9-7-11/h3-10H,2H2,1H3,(H,19,20)/b18-14-. The molecular formula is C15H14BrN3O. The van der Waals surface area contributed by atoms with Crippen LogP contribution >= 0.6 is 15.9 Å². The van der Waals surface area contributed by atoms with Crippen molar-refractivity contribution in [2.24, 2.45) is 5.10 Å². The maximum atomic E-state index is 11.9. The normalized spacial score (nSPS) is 11.2. The summed E-state index contributed by atoms with van der Waals surface area (Å²) in [4.78, 5) is 15.8. The number of amides is 1. The maximum Gasteiger partial charge on any atom is 0.271 e. The lowest BCUT2D eigenvalue weighted by molar-refractivity contribution is 0.0954. The molecule has 2 aromatic rings. The molecule has 0 spiro atoms. The molecule has 1 N–H and O–H groups in total. The Morgan fingerprint density at radius 3 is 2.65 bits per heavy atom. The Hall–Kier alpha value is -2.01. The number of nitrogens with one attached hydrogen (secondary N) is 1. The number of carbonyl (C=O) groups is 1. The van der Waals surface area contributed by atoms with Gasteiger partial charge in [-0.3, -0.25) is 9.78 Å². The molecule has 0 fully saturated rings. The Morgan fingerprint density at radius 2 is 2.00 bits per heavy atom. The third-order valence-electron chi connectivity index (χ3n) is 2.73. The second kappa shape index (κ2) is 6.96. The van der Waals surface area contributed by atoms with Crippen LogP contribution in [0.4, 0.5) is 0 Å². The Labute approximate surface area is 126 Å². The van der Waals surface area contributed by atoms with Crippen LogP contribution in [-0.2, 0) is 0 Å². The van der Waals surface area contributed by atoms with Gasteiger partial charge in [0.15, 0.2) is 0 Å². The monoisotopic (exact) mass is 331 g/mol. The number of rotatable bonds is 4. The first kappa shape index (κ1) is 14.4. The lowest BCUT2D eigenvalue weighted by Gasteiger charge is -2.05. The van der Waals surface area contributed by atoms with E-state index in [2.05, 4.69) is 31.4 Å². The molecule has 0 unspecified atom stereocenters. The highest BCUT2D eigenvalue weighted by atomic mass is 79.9. The van der Waals surface area contributed by atoms with Gasteiger partial charge in [-0.15, -0.1) is 0 Å². The molecule has 0 aliphatic rings. The van der Waals surface area contributed by atoms with Crippen LogP contribution in [0.5, 0.6) is 0 Å². The quantitative estimate of drug-likeness (QED) is 0.689. The van der Waals surface area contributed by atoms with E-state index in [-0.39, 0.29) is 5.91 Å². The number of benzene rings is 1. The van der Waals surface area contributed by atoms with Crippen LogP contribution in [0.2, 0.25) is 0 Å². The molecule has 1 aromatic heterocycles. The Morgan fingerprint density at radius 1 is 1.25 bits per heavy atom. The van der Waals surface area contributed by atoms with Gasteiger partial charge in [-0.2, -0.15) is 5.10 Å². The van der Waals surface area contributed by atoms with Crippen molar-refractivity contribution in [2.45, 2.75) is 13.3 Å². The van der Waals surface area contributed by atoms with Gasteiger partial charge in [0.25, 0.3) is 5.91 Å². The third-order valence-corrected chi connectivity index (χ3v) is 3.22. The minimum Gasteiger partial charge on any atom is -0.267 e. The van der Waals surface area contributed by atoms with Crippen LogP contribution in [0.15, 0.2) is 58.4 Å². The van der Waals surface area contributed by atoms with Crippen LogP contribution in [-0.4, -0.2) is 16.6 Å². The highest BCUT2D eigenvalue weighted by molar-refractivity contribution is 9.10. The van der Waals surface area contributed by atoms with Crippen molar-refractivity contribution in [2.75, 3.05) is 0 Å². The van der Waals surface area contributed by atoms with Gasteiger partial charge < -0.3 is 0 Å². The lowest BCUT2D eigenvalue weighted by atomic mass is 10.1. The summed E-state index contributed by atoms with van der Waals surface area (Å²) in [6, 6.07) is 11.1. The van der Waals surface area contributed by atoms with Gasteiger partial charge in [-0.05, 0) is 36.2 Å². The van der Waals surface area contributed by atoms with E-state index in [4.69, 9.17) is 0 Å². The van der Waals surface area contributed by atoms with Crippen molar-refractivity contribution < 1.29 is 4.79 Å². The van der Waals surface area contributed by atoms with Gasteiger partial charge in [0, 0.05) is 22.4 Å². The SMILES string of the molecule is CC/C(=N/NC(=O)c1ccncc1)c1cccc(Br)c1. The number of aromatic nitrogens is 1. The first-order valence-electron chi connectivity index (χ1n) is 6.23. The molecule has 1 heterocycles. The highest BCUT2D eigenvalue weighted by Gasteiger charge is 2.05. The second-order valence-corrected chi connectivity index (χ2v) is 5.01. The zero-order valence-corrected chi connectivity index (χ0v) is 12.6. The van der Waals surface area contributed by atoms with E-state index >= 15 is 0 Å². The summed E-state index contributed by atoms with van der Waals surface area (Å²) < 4.78 is 0.983. The molecule has 1 amide bonds. The smallest absolute Gasteiger partial charge is 0.267 e. The van der Waals surface area contributed by atoms with Gasteiger partial charge in [0.2, 0.25) is 0 Å². The molecule has 0 saturated heterocycles. The molecule has 20 heavy (non-hydrogen) atoms. The van der Waals surface area contributed by atoms with E-state index in [1.807, 2.05) is 31.2 Å². The fraction of sp³-hybridized carbons (Fsp3) is 0.133. The summed E-state index contributed by atoms with van der Waals surface area (Å²) in [6.45, 7) is 2.00. The number of hydrogen-bond acceptors (Lipinski definition) is 3. The van der Waals surface area contributed by atoms with Crippen molar-refractivity contribution in [3.8, 4) is 0 Å². The fourth-order valence-corrected chi connectivity index (χ4v) is 2.10. The largest absolute Gasteiger partial charge is 0.271 e. The predicted octanol–water partition coefficient (Wildman–Crippen LogP) is 3.39. The average Bonchev–Trinajstić information content (AvgIpc) is 2.48. The van der Waals surface area contributed by atoms with Gasteiger partial charge in [-0.25, -0.2) is 5.43 Å². The zero-order valence-electron chi connectivity index (χ0n) is 11.0. The Bertz CT molecular complexity index is 626. The van der Waals surface area contributed by atoms with E-state index in [9.17, 15) is 4.79 Å². The third kappa shape index (κ3) is 3.74. The fourth-order valence-electron chi connectivity index (χ4n) is 1.70. The molecule has 5 heteroatoms. The van der Waals surface area contributed by atoms with Gasteiger partial charge in [0.05, 0.1) is 5.71 Å². The van der Waals surface area contributed by atoms with Crippen LogP contribution in [0, 0.1) is 0 Å². The van der Waals surface area contributed by atoms with Crippen LogP contribution in [0.1, 0.15) is 29.3 Å². The van der Waals surface area contributed by atoms with E-state index in [0.717, 1.165) is 22.2 Å². The lowest BCUT2D eigenvalue weighted by Crippen LogP contribution is -2.20. The summed E-state index contributed by atoms with van der Waals surface area (Å²) in [5.74, 6) is -0.242. The molecule has 0 bridgehead atoms. The topological polar surface area (TPSA) is 54.4 Å². The molecule has 0 saturated carbocycles. The number of hydrogen-bond donors (Lipinski definition) is 1. The summed E-state index contributed by atoms with van der Waals surface area (Å²) in [5, 5.41) is 4.21. The molecule has 2 rings (SSSR count). The van der Waals surface area contributed by atoms with Gasteiger partial charge in [-0.1, -0.05) is 35.0 Å². The van der Waals surface area contributed by atoms with Crippen molar-refractivity contribution in [1.82, 2.24) is 10.4 Å². The highest BCUT2D eigenvalue weighted by Crippen LogP contribution is 2.13. The van der Waals surface area contributed by atoms with Gasteiger partial charge in [0.1, 0.15) is 0 Å². The summed E-state index contributed by atoms with van der Waals surface area (Å²) >= 11 is 3.43. The molecule has 102 valence electrons. The molecule has 4 nitrogen and oxygen atoms in total. The molecule has 0 aliphatic carbocycles. The molecule has 0 radical (unpaired) electrons. The van der Waals surface area contributed by atoms with E-state index < -0.39 is 0 Å². The molecule has 1 aromatic carbocycles. The van der Waals surface area contributed by atoms with Crippen LogP contribution in [0.3, 0.4) is 0 Å². The number of pyridine rings is 1. The summed E-state index contributed by atoms with van der Waals surface area (Å²) in [6.07, 6.45) is 3.88. The number of halogens is 1. The van der Waals surface area contributed by atoms with Crippen molar-refractivity contribution in [3.05, 3.63) is 64.4 Å². The van der Waals surface area contributed by atoms with Crippen molar-refractivity contribution >= 4 is 27.5 Å². The minimum atomic E-state index is -0.242. The first-order chi connectivity index (χ1) is 9.70. The Balaban J connectivity index is 2.14. The predicted molar refractivity (Wildman–Crippen MR) is 82.7 cm³/mol. The van der Waals surface area contributed by atoms with Crippen molar-refractivity contribution in [3.63, 3.8) is 0 Å². The molecular weight excluding hydrogens is 318 g/mol. The van der Waals surface area contributed by atoms with E-state index in [1.54, 1.807) is 24.5 Å². The average molecular weight is 332 g/mol. The zero-order chi connectivity index (χ0) is 14.4. The summed E-state index contributed by atoms with van der Waals surface area (Å²) in [7, 11) is 0. The van der Waals surface area contributed by atoms with Crippen molar-refractivity contribution in [1.29, 1.82) is 0 Å². The number of carbonyl (C=O) groups excluding carboxylic acids is 1. The number of nitrogens with zero attached hydrogens (tertiary/aromatic N) is 2. The van der Waals surface area contributed by atoms with E-state index in [1.165, 1.54) is 0 Å². The van der Waals surface area contributed by atoms with Crippen LogP contribution < -0.4 is 5.43 Å². The summed E-state index contributed by atoms with van der Waals surface area (Å²) in [5.41, 5.74) is 4.92.